The molecule has 0 fully saturated rings. The first-order chi connectivity index (χ1) is 8.70. The van der Waals surface area contributed by atoms with Crippen LogP contribution >= 0.6 is 11.6 Å². The molecular weight excluding hydrogens is 248 g/mol. The molecule has 1 heterocycles. The van der Waals surface area contributed by atoms with Crippen molar-refractivity contribution in [2.24, 2.45) is 0 Å². The molecule has 3 nitrogen and oxygen atoms in total. The van der Waals surface area contributed by atoms with Crippen LogP contribution in [-0.2, 0) is 6.54 Å². The van der Waals surface area contributed by atoms with Gasteiger partial charge in [0.2, 0.25) is 0 Å². The lowest BCUT2D eigenvalue weighted by atomic mass is 10.1. The Morgan fingerprint density at radius 3 is 2.89 bits per heavy atom. The molecule has 1 aromatic heterocycles. The van der Waals surface area contributed by atoms with E-state index in [0.717, 1.165) is 17.0 Å². The van der Waals surface area contributed by atoms with E-state index in [2.05, 4.69) is 23.3 Å². The van der Waals surface area contributed by atoms with Crippen LogP contribution in [0.3, 0.4) is 0 Å². The van der Waals surface area contributed by atoms with Crippen molar-refractivity contribution in [1.29, 1.82) is 0 Å². The Kier molecular flexibility index (Phi) is 4.05. The van der Waals surface area contributed by atoms with Crippen LogP contribution in [0.5, 0.6) is 5.75 Å². The summed E-state index contributed by atoms with van der Waals surface area (Å²) in [4.78, 5) is 4.02. The third kappa shape index (κ3) is 2.93. The molecule has 18 heavy (non-hydrogen) atoms. The van der Waals surface area contributed by atoms with Crippen LogP contribution in [0.25, 0.3) is 0 Å². The van der Waals surface area contributed by atoms with Crippen LogP contribution in [0.15, 0.2) is 36.5 Å². The zero-order valence-electron chi connectivity index (χ0n) is 10.4. The number of benzene rings is 1. The van der Waals surface area contributed by atoms with Gasteiger partial charge in [0.1, 0.15) is 5.75 Å². The van der Waals surface area contributed by atoms with Crippen LogP contribution < -0.4 is 10.1 Å². The minimum Gasteiger partial charge on any atom is -0.496 e. The lowest BCUT2D eigenvalue weighted by Crippen LogP contribution is -2.03. The van der Waals surface area contributed by atoms with E-state index in [9.17, 15) is 0 Å². The molecule has 1 aromatic carbocycles. The van der Waals surface area contributed by atoms with Gasteiger partial charge in [-0.15, -0.1) is 0 Å². The number of halogens is 1. The van der Waals surface area contributed by atoms with Crippen molar-refractivity contribution in [3.63, 3.8) is 0 Å². The second-order valence-corrected chi connectivity index (χ2v) is 4.37. The molecular formula is C14H15ClN2O. The minimum atomic E-state index is 0.476. The predicted molar refractivity (Wildman–Crippen MR) is 74.3 cm³/mol. The molecule has 0 radical (unpaired) electrons. The zero-order valence-corrected chi connectivity index (χ0v) is 11.2. The molecule has 0 atom stereocenters. The van der Waals surface area contributed by atoms with Gasteiger partial charge in [0, 0.05) is 18.3 Å². The highest BCUT2D eigenvalue weighted by atomic mass is 35.5. The van der Waals surface area contributed by atoms with Crippen LogP contribution in [-0.4, -0.2) is 12.1 Å². The number of aromatic nitrogens is 1. The van der Waals surface area contributed by atoms with E-state index in [-0.39, 0.29) is 0 Å². The summed E-state index contributed by atoms with van der Waals surface area (Å²) in [6.45, 7) is 2.70. The maximum Gasteiger partial charge on any atom is 0.152 e. The molecule has 0 bridgehead atoms. The van der Waals surface area contributed by atoms with E-state index in [1.807, 2.05) is 24.3 Å². The summed E-state index contributed by atoms with van der Waals surface area (Å²) in [6.07, 6.45) is 1.67. The molecule has 0 unspecified atom stereocenters. The maximum atomic E-state index is 5.99. The Morgan fingerprint density at radius 2 is 2.17 bits per heavy atom. The molecule has 94 valence electrons. The van der Waals surface area contributed by atoms with Gasteiger partial charge in [0.15, 0.2) is 5.15 Å². The molecule has 4 heteroatoms. The topological polar surface area (TPSA) is 34.1 Å². The summed E-state index contributed by atoms with van der Waals surface area (Å²) in [5, 5.41) is 3.73. The number of rotatable bonds is 4. The number of pyridine rings is 1. The Hall–Kier alpha value is -1.74. The van der Waals surface area contributed by atoms with E-state index >= 15 is 0 Å². The Labute approximate surface area is 112 Å². The Morgan fingerprint density at radius 1 is 1.33 bits per heavy atom. The van der Waals surface area contributed by atoms with Gasteiger partial charge >= 0.3 is 0 Å². The van der Waals surface area contributed by atoms with Gasteiger partial charge < -0.3 is 10.1 Å². The van der Waals surface area contributed by atoms with Gasteiger partial charge in [-0.3, -0.25) is 0 Å². The fourth-order valence-electron chi connectivity index (χ4n) is 1.75. The highest BCUT2D eigenvalue weighted by Crippen LogP contribution is 2.23. The number of nitrogens with one attached hydrogen (secondary N) is 1. The zero-order chi connectivity index (χ0) is 13.0. The number of ether oxygens (including phenoxy) is 1. The minimum absolute atomic E-state index is 0.476. The normalized spacial score (nSPS) is 10.2. The largest absolute Gasteiger partial charge is 0.496 e. The van der Waals surface area contributed by atoms with Crippen molar-refractivity contribution in [2.75, 3.05) is 12.4 Å². The monoisotopic (exact) mass is 262 g/mol. The summed E-state index contributed by atoms with van der Waals surface area (Å²) >= 11 is 5.99. The lowest BCUT2D eigenvalue weighted by Gasteiger charge is -2.12. The van der Waals surface area contributed by atoms with Crippen molar-refractivity contribution in [2.45, 2.75) is 13.5 Å². The molecule has 0 aliphatic rings. The van der Waals surface area contributed by atoms with E-state index in [4.69, 9.17) is 16.3 Å². The summed E-state index contributed by atoms with van der Waals surface area (Å²) in [7, 11) is 1.67. The van der Waals surface area contributed by atoms with Crippen molar-refractivity contribution in [1.82, 2.24) is 4.98 Å². The molecule has 0 aliphatic heterocycles. The molecule has 0 amide bonds. The van der Waals surface area contributed by atoms with Crippen LogP contribution in [0.2, 0.25) is 5.15 Å². The van der Waals surface area contributed by atoms with Gasteiger partial charge in [-0.2, -0.15) is 0 Å². The quantitative estimate of drug-likeness (QED) is 0.854. The number of hydrogen-bond acceptors (Lipinski definition) is 3. The van der Waals surface area contributed by atoms with E-state index in [1.165, 1.54) is 5.56 Å². The highest BCUT2D eigenvalue weighted by molar-refractivity contribution is 6.31. The van der Waals surface area contributed by atoms with Gasteiger partial charge in [0.25, 0.3) is 0 Å². The molecule has 0 spiro atoms. The fourth-order valence-corrected chi connectivity index (χ4v) is 1.94. The third-order valence-electron chi connectivity index (χ3n) is 2.66. The molecule has 0 saturated carbocycles. The third-order valence-corrected chi connectivity index (χ3v) is 2.97. The van der Waals surface area contributed by atoms with Crippen molar-refractivity contribution >= 4 is 17.3 Å². The van der Waals surface area contributed by atoms with Crippen LogP contribution in [0, 0.1) is 6.92 Å². The van der Waals surface area contributed by atoms with Gasteiger partial charge in [-0.25, -0.2) is 4.98 Å². The Bertz CT molecular complexity index is 543. The average Bonchev–Trinajstić information content (AvgIpc) is 2.38. The van der Waals surface area contributed by atoms with E-state index < -0.39 is 0 Å². The smallest absolute Gasteiger partial charge is 0.152 e. The lowest BCUT2D eigenvalue weighted by molar-refractivity contribution is 0.410. The summed E-state index contributed by atoms with van der Waals surface area (Å²) < 4.78 is 5.33. The molecule has 1 N–H and O–H groups in total. The first-order valence-electron chi connectivity index (χ1n) is 5.68. The van der Waals surface area contributed by atoms with Crippen molar-refractivity contribution < 1.29 is 4.74 Å². The van der Waals surface area contributed by atoms with Gasteiger partial charge in [-0.05, 0) is 25.1 Å². The Balaban J connectivity index is 2.15. The van der Waals surface area contributed by atoms with Gasteiger partial charge in [0.05, 0.1) is 12.8 Å². The molecule has 0 aliphatic carbocycles. The number of nitrogens with zero attached hydrogens (tertiary/aromatic N) is 1. The number of hydrogen-bond donors (Lipinski definition) is 1. The first kappa shape index (κ1) is 12.7. The maximum absolute atomic E-state index is 5.99. The number of methoxy groups -OCH3 is 1. The SMILES string of the molecule is COc1ccc(C)cc1CNc1cccnc1Cl. The second kappa shape index (κ2) is 5.74. The summed E-state index contributed by atoms with van der Waals surface area (Å²) in [5.74, 6) is 0.869. The number of anilines is 1. The van der Waals surface area contributed by atoms with Crippen molar-refractivity contribution in [3.05, 3.63) is 52.8 Å². The van der Waals surface area contributed by atoms with E-state index in [1.54, 1.807) is 13.3 Å². The second-order valence-electron chi connectivity index (χ2n) is 4.01. The molecule has 0 saturated heterocycles. The fraction of sp³-hybridized carbons (Fsp3) is 0.214. The molecule has 2 aromatic rings. The van der Waals surface area contributed by atoms with E-state index in [0.29, 0.717) is 11.7 Å². The molecule has 2 rings (SSSR count). The summed E-state index contributed by atoms with van der Waals surface area (Å²) in [6, 6.07) is 9.84. The van der Waals surface area contributed by atoms with Crippen molar-refractivity contribution in [3.8, 4) is 5.75 Å². The van der Waals surface area contributed by atoms with Crippen LogP contribution in [0.4, 0.5) is 5.69 Å². The van der Waals surface area contributed by atoms with Gasteiger partial charge in [-0.1, -0.05) is 29.3 Å². The average molecular weight is 263 g/mol. The number of aryl methyl sites for hydroxylation is 1. The standard InChI is InChI=1S/C14H15ClN2O/c1-10-5-6-13(18-2)11(8-10)9-17-12-4-3-7-16-14(12)15/h3-8,17H,9H2,1-2H3. The predicted octanol–water partition coefficient (Wildman–Crippen LogP) is 3.66. The first-order valence-corrected chi connectivity index (χ1v) is 6.06. The summed E-state index contributed by atoms with van der Waals surface area (Å²) in [5.41, 5.74) is 3.12. The van der Waals surface area contributed by atoms with Crippen LogP contribution in [0.1, 0.15) is 11.1 Å². The highest BCUT2D eigenvalue weighted by Gasteiger charge is 2.04.